The first-order valence-electron chi connectivity index (χ1n) is 18.5. The molecule has 3 aliphatic rings. The molecule has 13 nitrogen and oxygen atoms in total. The van der Waals surface area contributed by atoms with Gasteiger partial charge in [0.1, 0.15) is 26.9 Å². The molecule has 3 aliphatic heterocycles. The summed E-state index contributed by atoms with van der Waals surface area (Å²) in [5.74, 6) is -0.279. The van der Waals surface area contributed by atoms with Gasteiger partial charge in [0, 0.05) is 25.6 Å². The van der Waals surface area contributed by atoms with Crippen LogP contribution in [0.15, 0.2) is 67.0 Å². The summed E-state index contributed by atoms with van der Waals surface area (Å²) in [6, 6.07) is 25.2. The zero-order valence-electron chi connectivity index (χ0n) is 30.9. The number of benzene rings is 2. The molecule has 1 unspecified atom stereocenters. The van der Waals surface area contributed by atoms with Crippen molar-refractivity contribution in [3.05, 3.63) is 67.0 Å². The minimum atomic E-state index is -2.17. The summed E-state index contributed by atoms with van der Waals surface area (Å²) >= 11 is 0. The molecule has 7 rings (SSSR count). The second-order valence-corrected chi connectivity index (χ2v) is 20.0. The van der Waals surface area contributed by atoms with Crippen LogP contribution in [0.1, 0.15) is 52.7 Å². The third-order valence-corrected chi connectivity index (χ3v) is 16.8. The van der Waals surface area contributed by atoms with E-state index in [2.05, 4.69) is 105 Å². The van der Waals surface area contributed by atoms with Crippen molar-refractivity contribution in [2.24, 2.45) is 5.92 Å². The maximum Gasteiger partial charge on any atom is 0.259 e. The lowest BCUT2D eigenvalue weighted by Crippen LogP contribution is -2.58. The standard InChI is InChI=1S/C38H48N7O6PSi/c1-6-29-32(33(47-4)37(49-29)44-24-40-31-34(44)41-38(42-35(46)25(2)3)43-36(31)48-22-14-20-39)51-52-45-21-13-19-28(45)30(50-52)23-53(5,26-15-9-7-10-16-26)27-17-11-8-12-18-27/h7-12,15-18,24-25,28-30,32-33,37H,6,13-14,19,21-23H2,1-5H3,(H,41,42,43,46)/t28-,29+,30+,32-,33?,37+,52+/m0/s1. The third kappa shape index (κ3) is 7.49. The molecule has 2 aromatic carbocycles. The lowest BCUT2D eigenvalue weighted by atomic mass is 10.1. The van der Waals surface area contributed by atoms with Gasteiger partial charge in [0.25, 0.3) is 8.53 Å². The molecule has 0 spiro atoms. The van der Waals surface area contributed by atoms with Crippen molar-refractivity contribution in [3.63, 3.8) is 0 Å². The van der Waals surface area contributed by atoms with Crippen LogP contribution in [0.25, 0.3) is 11.2 Å². The van der Waals surface area contributed by atoms with Crippen molar-refractivity contribution in [3.8, 4) is 11.9 Å². The number of nitrogens with one attached hydrogen (secondary N) is 1. The molecule has 4 aromatic rings. The van der Waals surface area contributed by atoms with Crippen LogP contribution in [0.5, 0.6) is 5.88 Å². The molecule has 2 aromatic heterocycles. The lowest BCUT2D eigenvalue weighted by molar-refractivity contribution is -0.118. The van der Waals surface area contributed by atoms with Gasteiger partial charge in [0.05, 0.1) is 31.0 Å². The molecular formula is C38H48N7O6PSi. The smallest absolute Gasteiger partial charge is 0.259 e. The SMILES string of the molecule is CC[C@H]1O[C@@H](n2cnc3c(OCCC#N)nc(NC(=O)C(C)C)nc32)C(OC)[C@H]1O[P@@]1O[C@H](C[Si](C)(c2ccccc2)c2ccccc2)[C@@H]2CCCN21. The van der Waals surface area contributed by atoms with E-state index in [9.17, 15) is 4.79 Å². The van der Waals surface area contributed by atoms with E-state index in [1.54, 1.807) is 31.9 Å². The van der Waals surface area contributed by atoms with Crippen molar-refractivity contribution in [1.29, 1.82) is 5.26 Å². The largest absolute Gasteiger partial charge is 0.475 e. The molecular weight excluding hydrogens is 710 g/mol. The quantitative estimate of drug-likeness (QED) is 0.100. The molecule has 5 heterocycles. The van der Waals surface area contributed by atoms with Gasteiger partial charge in [0.15, 0.2) is 17.4 Å². The van der Waals surface area contributed by atoms with Crippen molar-refractivity contribution in [2.45, 2.75) is 95.7 Å². The van der Waals surface area contributed by atoms with Crippen LogP contribution >= 0.6 is 8.53 Å². The number of nitrogens with zero attached hydrogens (tertiary/aromatic N) is 6. The van der Waals surface area contributed by atoms with Gasteiger partial charge in [-0.1, -0.05) is 98.4 Å². The first kappa shape index (κ1) is 37.5. The molecule has 0 bridgehead atoms. The maximum atomic E-state index is 12.6. The Kier molecular flexibility index (Phi) is 11.5. The van der Waals surface area contributed by atoms with E-state index in [0.717, 1.165) is 25.4 Å². The van der Waals surface area contributed by atoms with Crippen LogP contribution in [0.2, 0.25) is 12.6 Å². The molecule has 0 radical (unpaired) electrons. The zero-order chi connectivity index (χ0) is 37.1. The molecule has 0 aliphatic carbocycles. The van der Waals surface area contributed by atoms with Gasteiger partial charge in [-0.25, -0.2) is 9.65 Å². The summed E-state index contributed by atoms with van der Waals surface area (Å²) in [5.41, 5.74) is 0.791. The topological polar surface area (TPSA) is 146 Å². The van der Waals surface area contributed by atoms with E-state index in [1.807, 2.05) is 0 Å². The highest BCUT2D eigenvalue weighted by Crippen LogP contribution is 2.59. The number of anilines is 1. The lowest BCUT2D eigenvalue weighted by Gasteiger charge is -2.32. The van der Waals surface area contributed by atoms with E-state index in [4.69, 9.17) is 28.5 Å². The Labute approximate surface area is 312 Å². The van der Waals surface area contributed by atoms with Crippen molar-refractivity contribution in [2.75, 3.05) is 25.6 Å². The number of methoxy groups -OCH3 is 1. The number of carbonyl (C=O) groups excluding carboxylic acids is 1. The zero-order valence-corrected chi connectivity index (χ0v) is 32.8. The summed E-state index contributed by atoms with van der Waals surface area (Å²) < 4.78 is 37.0. The number of aromatic nitrogens is 4. The summed E-state index contributed by atoms with van der Waals surface area (Å²) in [6.07, 6.45) is 2.79. The third-order valence-electron chi connectivity index (χ3n) is 10.6. The predicted molar refractivity (Wildman–Crippen MR) is 204 cm³/mol. The van der Waals surface area contributed by atoms with Crippen LogP contribution in [-0.4, -0.2) is 88.9 Å². The highest BCUT2D eigenvalue weighted by molar-refractivity contribution is 7.45. The van der Waals surface area contributed by atoms with Crippen molar-refractivity contribution >= 4 is 50.0 Å². The van der Waals surface area contributed by atoms with Gasteiger partial charge in [-0.2, -0.15) is 15.2 Å². The van der Waals surface area contributed by atoms with Crippen LogP contribution in [0, 0.1) is 17.2 Å². The van der Waals surface area contributed by atoms with Crippen LogP contribution < -0.4 is 20.4 Å². The van der Waals surface area contributed by atoms with E-state index in [0.29, 0.717) is 17.6 Å². The van der Waals surface area contributed by atoms with E-state index >= 15 is 0 Å². The normalized spacial score (nSPS) is 25.9. The summed E-state index contributed by atoms with van der Waals surface area (Å²) in [5, 5.41) is 14.7. The summed E-state index contributed by atoms with van der Waals surface area (Å²) in [7, 11) is -1.90. The summed E-state index contributed by atoms with van der Waals surface area (Å²) in [6.45, 7) is 9.16. The highest BCUT2D eigenvalue weighted by atomic mass is 31.2. The molecule has 1 N–H and O–H groups in total. The predicted octanol–water partition coefficient (Wildman–Crippen LogP) is 5.40. The molecule has 15 heteroatoms. The molecule has 3 saturated heterocycles. The molecule has 0 saturated carbocycles. The van der Waals surface area contributed by atoms with Gasteiger partial charge in [-0.05, 0) is 25.3 Å². The Balaban J connectivity index is 1.16. The second kappa shape index (κ2) is 16.3. The highest BCUT2D eigenvalue weighted by Gasteiger charge is 2.54. The number of fused-ring (bicyclic) bond motifs is 2. The maximum absolute atomic E-state index is 12.6. The number of nitriles is 1. The van der Waals surface area contributed by atoms with Gasteiger partial charge >= 0.3 is 0 Å². The summed E-state index contributed by atoms with van der Waals surface area (Å²) in [4.78, 5) is 26.4. The van der Waals surface area contributed by atoms with E-state index in [1.165, 1.54) is 10.4 Å². The molecule has 3 fully saturated rings. The van der Waals surface area contributed by atoms with Gasteiger partial charge in [-0.15, -0.1) is 0 Å². The number of hydrogen-bond donors (Lipinski definition) is 1. The van der Waals surface area contributed by atoms with Crippen LogP contribution in [0.4, 0.5) is 5.95 Å². The van der Waals surface area contributed by atoms with Gasteiger partial charge < -0.3 is 23.3 Å². The number of imidazole rings is 1. The average molecular weight is 758 g/mol. The second-order valence-electron chi connectivity index (χ2n) is 14.3. The minimum absolute atomic E-state index is 0.0353. The van der Waals surface area contributed by atoms with E-state index < -0.39 is 35.0 Å². The number of amides is 1. The Morgan fingerprint density at radius 1 is 1.09 bits per heavy atom. The fraction of sp³-hybridized carbons (Fsp3) is 0.500. The monoisotopic (exact) mass is 757 g/mol. The van der Waals surface area contributed by atoms with Crippen molar-refractivity contribution in [1.82, 2.24) is 24.2 Å². The number of carbonyl (C=O) groups is 1. The fourth-order valence-corrected chi connectivity index (χ4v) is 13.7. The number of rotatable bonds is 14. The Morgan fingerprint density at radius 3 is 2.45 bits per heavy atom. The first-order chi connectivity index (χ1) is 25.7. The molecule has 280 valence electrons. The number of ether oxygens (including phenoxy) is 3. The Bertz CT molecular complexity index is 1870. The van der Waals surface area contributed by atoms with Gasteiger partial charge in [0.2, 0.25) is 17.7 Å². The Hall–Kier alpha value is -3.80. The van der Waals surface area contributed by atoms with Crippen LogP contribution in [-0.2, 0) is 23.3 Å². The average Bonchev–Trinajstić information content (AvgIpc) is 3.97. The van der Waals surface area contributed by atoms with E-state index in [-0.39, 0.29) is 54.9 Å². The molecule has 1 amide bonds. The fourth-order valence-electron chi connectivity index (χ4n) is 7.70. The molecule has 7 atom stereocenters. The van der Waals surface area contributed by atoms with Crippen molar-refractivity contribution < 1.29 is 28.1 Å². The van der Waals surface area contributed by atoms with Gasteiger partial charge in [-0.3, -0.25) is 14.7 Å². The number of hydrogen-bond acceptors (Lipinski definition) is 11. The Morgan fingerprint density at radius 2 is 1.81 bits per heavy atom. The molecule has 53 heavy (non-hydrogen) atoms. The minimum Gasteiger partial charge on any atom is -0.475 e. The van der Waals surface area contributed by atoms with Crippen LogP contribution in [0.3, 0.4) is 0 Å². The first-order valence-corrected chi connectivity index (χ1v) is 22.3.